The Morgan fingerprint density at radius 3 is 2.55 bits per heavy atom. The first-order chi connectivity index (χ1) is 19.9. The number of halogens is 1. The number of hydrogen-bond donors (Lipinski definition) is 1. The van der Waals surface area contributed by atoms with Crippen molar-refractivity contribution >= 4 is 29.2 Å². The predicted molar refractivity (Wildman–Crippen MR) is 157 cm³/mol. The Morgan fingerprint density at radius 1 is 1.14 bits per heavy atom. The Kier molecular flexibility index (Phi) is 8.58. The van der Waals surface area contributed by atoms with Gasteiger partial charge < -0.3 is 19.9 Å². The number of likely N-dealkylation sites (N-methyl/N-ethyl adjacent to an activating group) is 1. The van der Waals surface area contributed by atoms with Gasteiger partial charge in [-0.05, 0) is 87.2 Å². The van der Waals surface area contributed by atoms with E-state index in [0.29, 0.717) is 29.1 Å². The van der Waals surface area contributed by atoms with E-state index in [0.717, 1.165) is 37.9 Å². The maximum atomic E-state index is 15.2. The van der Waals surface area contributed by atoms with Gasteiger partial charge in [-0.2, -0.15) is 5.26 Å². The Balaban J connectivity index is 1.23. The van der Waals surface area contributed by atoms with Crippen LogP contribution in [0.5, 0.6) is 0 Å². The average molecular weight is 596 g/mol. The van der Waals surface area contributed by atoms with Crippen LogP contribution in [0.1, 0.15) is 55.3 Å². The summed E-state index contributed by atoms with van der Waals surface area (Å²) in [5.74, 6) is -0.899. The molecule has 1 N–H and O–H groups in total. The molecule has 9 nitrogen and oxygen atoms in total. The van der Waals surface area contributed by atoms with E-state index in [2.05, 4.69) is 16.3 Å². The van der Waals surface area contributed by atoms with Gasteiger partial charge in [0, 0.05) is 38.6 Å². The number of hydrogen-bond acceptors (Lipinski definition) is 7. The predicted octanol–water partition coefficient (Wildman–Crippen LogP) is 4.28. The van der Waals surface area contributed by atoms with Crippen molar-refractivity contribution in [2.45, 2.75) is 70.2 Å². The standard InChI is InChI=1S/C31H38FN5O4S/c1-31(2,3)41-30(40)37-24-8-7-21(14-24)27(37)28(38)34-23(17-33)13-20-6-5-19(15-25(20)32)22-16-26(42-18-22)29(39)36-11-9-35(4)10-12-36/h5-6,15-16,18,21,23-24,27H,7-14H2,1-4H3,(H,34,38). The number of amides is 3. The van der Waals surface area contributed by atoms with Gasteiger partial charge in [-0.3, -0.25) is 14.5 Å². The van der Waals surface area contributed by atoms with Gasteiger partial charge >= 0.3 is 6.09 Å². The van der Waals surface area contributed by atoms with Crippen molar-refractivity contribution in [1.29, 1.82) is 5.26 Å². The van der Waals surface area contributed by atoms with Gasteiger partial charge in [-0.15, -0.1) is 11.3 Å². The first kappa shape index (κ1) is 30.0. The van der Waals surface area contributed by atoms with E-state index in [9.17, 15) is 19.6 Å². The molecule has 1 aromatic heterocycles. The molecule has 3 amide bonds. The molecular weight excluding hydrogens is 557 g/mol. The van der Waals surface area contributed by atoms with E-state index in [1.807, 2.05) is 17.3 Å². The van der Waals surface area contributed by atoms with Gasteiger partial charge in [0.15, 0.2) is 0 Å². The number of ether oxygens (including phenoxy) is 1. The van der Waals surface area contributed by atoms with Crippen LogP contribution in [0.3, 0.4) is 0 Å². The van der Waals surface area contributed by atoms with Crippen LogP contribution in [0, 0.1) is 23.1 Å². The summed E-state index contributed by atoms with van der Waals surface area (Å²) in [6, 6.07) is 6.93. The summed E-state index contributed by atoms with van der Waals surface area (Å²) in [6.45, 7) is 8.39. The molecule has 4 unspecified atom stereocenters. The maximum Gasteiger partial charge on any atom is 0.411 e. The molecule has 5 rings (SSSR count). The minimum atomic E-state index is -0.966. The molecule has 2 bridgehead atoms. The van der Waals surface area contributed by atoms with Gasteiger partial charge in [-0.25, -0.2) is 9.18 Å². The largest absolute Gasteiger partial charge is 0.444 e. The molecule has 3 heterocycles. The van der Waals surface area contributed by atoms with Crippen LogP contribution in [0.25, 0.3) is 11.1 Å². The number of carbonyl (C=O) groups is 3. The molecule has 3 fully saturated rings. The Morgan fingerprint density at radius 2 is 1.88 bits per heavy atom. The Bertz CT molecular complexity index is 1390. The molecular formula is C31H38FN5O4S. The number of rotatable bonds is 6. The first-order valence-corrected chi connectivity index (χ1v) is 15.4. The fraction of sp³-hybridized carbons (Fsp3) is 0.548. The summed E-state index contributed by atoms with van der Waals surface area (Å²) in [4.78, 5) is 45.4. The number of nitrogens with one attached hydrogen (secondary N) is 1. The Hall–Kier alpha value is -3.49. The van der Waals surface area contributed by atoms with Crippen molar-refractivity contribution in [3.63, 3.8) is 0 Å². The van der Waals surface area contributed by atoms with Crippen molar-refractivity contribution < 1.29 is 23.5 Å². The number of piperidine rings is 1. The summed E-state index contributed by atoms with van der Waals surface area (Å²) in [5, 5.41) is 14.4. The molecule has 2 saturated heterocycles. The number of piperazine rings is 1. The van der Waals surface area contributed by atoms with E-state index in [1.54, 1.807) is 39.0 Å². The normalized spacial score (nSPS) is 23.0. The molecule has 3 aliphatic rings. The SMILES string of the molecule is CN1CCN(C(=O)c2cc(-c3ccc(CC(C#N)NC(=O)C4C5CCC(C5)N4C(=O)OC(C)(C)C)c(F)c3)cs2)CC1. The van der Waals surface area contributed by atoms with Crippen LogP contribution < -0.4 is 5.32 Å². The number of likely N-dealkylation sites (tertiary alicyclic amines) is 1. The van der Waals surface area contributed by atoms with Crippen LogP contribution in [0.2, 0.25) is 0 Å². The lowest BCUT2D eigenvalue weighted by molar-refractivity contribution is -0.128. The van der Waals surface area contributed by atoms with E-state index in [-0.39, 0.29) is 24.3 Å². The number of fused-ring (bicyclic) bond motifs is 2. The highest BCUT2D eigenvalue weighted by atomic mass is 32.1. The highest BCUT2D eigenvalue weighted by molar-refractivity contribution is 7.12. The van der Waals surface area contributed by atoms with Gasteiger partial charge in [0.25, 0.3) is 5.91 Å². The third kappa shape index (κ3) is 6.45. The quantitative estimate of drug-likeness (QED) is 0.535. The monoisotopic (exact) mass is 595 g/mol. The molecule has 0 radical (unpaired) electrons. The van der Waals surface area contributed by atoms with Gasteiger partial charge in [0.2, 0.25) is 5.91 Å². The average Bonchev–Trinajstić information content (AvgIpc) is 3.69. The minimum Gasteiger partial charge on any atom is -0.444 e. The van der Waals surface area contributed by atoms with E-state index in [4.69, 9.17) is 4.74 Å². The van der Waals surface area contributed by atoms with E-state index < -0.39 is 35.5 Å². The number of nitrogens with zero attached hydrogens (tertiary/aromatic N) is 4. The summed E-state index contributed by atoms with van der Waals surface area (Å²) >= 11 is 1.35. The van der Waals surface area contributed by atoms with E-state index in [1.165, 1.54) is 22.3 Å². The van der Waals surface area contributed by atoms with Crippen molar-refractivity contribution in [1.82, 2.24) is 20.0 Å². The molecule has 42 heavy (non-hydrogen) atoms. The second-order valence-electron chi connectivity index (χ2n) is 12.6. The first-order valence-electron chi connectivity index (χ1n) is 14.5. The Labute approximate surface area is 250 Å². The van der Waals surface area contributed by atoms with Crippen molar-refractivity contribution in [2.75, 3.05) is 33.2 Å². The van der Waals surface area contributed by atoms with Crippen molar-refractivity contribution in [3.05, 3.63) is 45.9 Å². The van der Waals surface area contributed by atoms with Crippen LogP contribution in [-0.4, -0.2) is 89.6 Å². The smallest absolute Gasteiger partial charge is 0.411 e. The maximum absolute atomic E-state index is 15.2. The molecule has 1 aromatic carbocycles. The van der Waals surface area contributed by atoms with Gasteiger partial charge in [0.05, 0.1) is 10.9 Å². The van der Waals surface area contributed by atoms with Gasteiger partial charge in [-0.1, -0.05) is 12.1 Å². The molecule has 224 valence electrons. The second-order valence-corrected chi connectivity index (χ2v) is 13.5. The summed E-state index contributed by atoms with van der Waals surface area (Å²) in [6.07, 6.45) is 1.85. The topological polar surface area (TPSA) is 106 Å². The molecule has 1 aliphatic carbocycles. The van der Waals surface area contributed by atoms with Crippen molar-refractivity contribution in [2.24, 2.45) is 5.92 Å². The molecule has 11 heteroatoms. The van der Waals surface area contributed by atoms with Gasteiger partial charge in [0.1, 0.15) is 23.5 Å². The molecule has 0 spiro atoms. The lowest BCUT2D eigenvalue weighted by atomic mass is 9.97. The number of nitriles is 1. The highest BCUT2D eigenvalue weighted by Crippen LogP contribution is 2.43. The molecule has 1 saturated carbocycles. The third-order valence-corrected chi connectivity index (χ3v) is 9.26. The fourth-order valence-corrected chi connectivity index (χ4v) is 7.05. The van der Waals surface area contributed by atoms with Crippen LogP contribution >= 0.6 is 11.3 Å². The summed E-state index contributed by atoms with van der Waals surface area (Å²) < 4.78 is 20.8. The fourth-order valence-electron chi connectivity index (χ4n) is 6.17. The number of benzene rings is 1. The molecule has 4 atom stereocenters. The van der Waals surface area contributed by atoms with Crippen LogP contribution in [0.15, 0.2) is 29.6 Å². The summed E-state index contributed by atoms with van der Waals surface area (Å²) in [5.41, 5.74) is 0.999. The minimum absolute atomic E-state index is 0.00948. The zero-order valence-electron chi connectivity index (χ0n) is 24.6. The lowest BCUT2D eigenvalue weighted by Crippen LogP contribution is -2.55. The lowest BCUT2D eigenvalue weighted by Gasteiger charge is -2.35. The number of carbonyl (C=O) groups excluding carboxylic acids is 3. The van der Waals surface area contributed by atoms with E-state index >= 15 is 4.39 Å². The van der Waals surface area contributed by atoms with Crippen LogP contribution in [0.4, 0.5) is 9.18 Å². The zero-order chi connectivity index (χ0) is 30.2. The highest BCUT2D eigenvalue weighted by Gasteiger charge is 2.52. The summed E-state index contributed by atoms with van der Waals surface area (Å²) in [7, 11) is 2.04. The second kappa shape index (κ2) is 12.0. The zero-order valence-corrected chi connectivity index (χ0v) is 25.4. The molecule has 2 aromatic rings. The number of thiophene rings is 1. The third-order valence-electron chi connectivity index (χ3n) is 8.34. The molecule has 2 aliphatic heterocycles. The van der Waals surface area contributed by atoms with Crippen molar-refractivity contribution in [3.8, 4) is 17.2 Å². The van der Waals surface area contributed by atoms with Crippen LogP contribution in [-0.2, 0) is 16.0 Å².